The number of hydrogen-bond donors (Lipinski definition) is 2. The van der Waals surface area contributed by atoms with Crippen molar-refractivity contribution in [2.75, 3.05) is 6.54 Å². The molecule has 0 spiro atoms. The molecule has 0 unspecified atom stereocenters. The molecule has 4 aromatic heterocycles. The van der Waals surface area contributed by atoms with E-state index in [1.54, 1.807) is 18.4 Å². The van der Waals surface area contributed by atoms with Gasteiger partial charge in [0.15, 0.2) is 5.76 Å². The lowest BCUT2D eigenvalue weighted by atomic mass is 10.2. The van der Waals surface area contributed by atoms with Crippen LogP contribution in [0, 0.1) is 6.92 Å². The number of hydrogen-bond acceptors (Lipinski definition) is 7. The molecule has 2 N–H and O–H groups in total. The molecule has 4 rings (SSSR count). The molecular weight excluding hydrogens is 340 g/mol. The van der Waals surface area contributed by atoms with Crippen molar-refractivity contribution in [3.8, 4) is 11.6 Å². The zero-order valence-corrected chi connectivity index (χ0v) is 14.1. The topological polar surface area (TPSA) is 110 Å². The van der Waals surface area contributed by atoms with E-state index in [2.05, 4.69) is 30.5 Å². The van der Waals surface area contributed by atoms with Gasteiger partial charge in [-0.25, -0.2) is 15.0 Å². The van der Waals surface area contributed by atoms with Gasteiger partial charge in [-0.15, -0.1) is 11.3 Å². The third-order valence-electron chi connectivity index (χ3n) is 3.67. The van der Waals surface area contributed by atoms with Gasteiger partial charge in [-0.05, 0) is 30.0 Å². The Morgan fingerprint density at radius 1 is 1.40 bits per heavy atom. The molecule has 0 bridgehead atoms. The van der Waals surface area contributed by atoms with Crippen LogP contribution in [0.4, 0.5) is 0 Å². The molecule has 0 fully saturated rings. The van der Waals surface area contributed by atoms with E-state index in [-0.39, 0.29) is 5.91 Å². The average molecular weight is 354 g/mol. The predicted octanol–water partition coefficient (Wildman–Crippen LogP) is 2.35. The summed E-state index contributed by atoms with van der Waals surface area (Å²) in [6, 6.07) is 3.57. The Labute approximate surface area is 146 Å². The number of fused-ring (bicyclic) bond motifs is 1. The van der Waals surface area contributed by atoms with Crippen LogP contribution in [-0.4, -0.2) is 37.6 Å². The van der Waals surface area contributed by atoms with E-state index in [4.69, 9.17) is 4.42 Å². The quantitative estimate of drug-likeness (QED) is 0.569. The molecular formula is C16H14N6O2S. The minimum Gasteiger partial charge on any atom is -0.461 e. The Hall–Kier alpha value is -3.07. The molecule has 126 valence electrons. The Kier molecular flexibility index (Phi) is 3.98. The molecule has 25 heavy (non-hydrogen) atoms. The van der Waals surface area contributed by atoms with Crippen LogP contribution in [0.2, 0.25) is 0 Å². The van der Waals surface area contributed by atoms with E-state index in [0.717, 1.165) is 15.8 Å². The van der Waals surface area contributed by atoms with Crippen molar-refractivity contribution in [1.82, 2.24) is 30.5 Å². The minimum atomic E-state index is -0.222. The Balaban J connectivity index is 1.40. The van der Waals surface area contributed by atoms with E-state index >= 15 is 0 Å². The van der Waals surface area contributed by atoms with E-state index in [0.29, 0.717) is 36.1 Å². The number of rotatable bonds is 5. The largest absolute Gasteiger partial charge is 0.461 e. The maximum atomic E-state index is 12.4. The Morgan fingerprint density at radius 2 is 2.32 bits per heavy atom. The minimum absolute atomic E-state index is 0.222. The monoisotopic (exact) mass is 354 g/mol. The maximum Gasteiger partial charge on any atom is 0.271 e. The summed E-state index contributed by atoms with van der Waals surface area (Å²) < 4.78 is 6.05. The molecule has 4 aromatic rings. The highest BCUT2D eigenvalue weighted by atomic mass is 32.1. The van der Waals surface area contributed by atoms with E-state index < -0.39 is 0 Å². The van der Waals surface area contributed by atoms with Crippen molar-refractivity contribution in [3.05, 3.63) is 47.2 Å². The van der Waals surface area contributed by atoms with Gasteiger partial charge in [-0.2, -0.15) is 5.10 Å². The van der Waals surface area contributed by atoms with Crippen molar-refractivity contribution < 1.29 is 9.21 Å². The summed E-state index contributed by atoms with van der Waals surface area (Å²) in [4.78, 5) is 25.1. The highest BCUT2D eigenvalue weighted by Gasteiger charge is 2.15. The van der Waals surface area contributed by atoms with Crippen LogP contribution in [0.1, 0.15) is 21.9 Å². The number of carbonyl (C=O) groups excluding carboxylic acids is 1. The maximum absolute atomic E-state index is 12.4. The van der Waals surface area contributed by atoms with Gasteiger partial charge in [-0.1, -0.05) is 0 Å². The summed E-state index contributed by atoms with van der Waals surface area (Å²) in [5, 5.41) is 11.8. The van der Waals surface area contributed by atoms with Gasteiger partial charge in [0.1, 0.15) is 17.8 Å². The predicted molar refractivity (Wildman–Crippen MR) is 92.3 cm³/mol. The number of aromatic amines is 1. The van der Waals surface area contributed by atoms with Crippen LogP contribution in [0.15, 0.2) is 34.5 Å². The smallest absolute Gasteiger partial charge is 0.271 e. The summed E-state index contributed by atoms with van der Waals surface area (Å²) in [6.45, 7) is 2.38. The fraction of sp³-hybridized carbons (Fsp3) is 0.188. The molecule has 1 amide bonds. The Bertz CT molecular complexity index is 1020. The second kappa shape index (κ2) is 6.44. The van der Waals surface area contributed by atoms with Crippen molar-refractivity contribution in [2.45, 2.75) is 13.3 Å². The van der Waals surface area contributed by atoms with Crippen LogP contribution in [-0.2, 0) is 6.42 Å². The van der Waals surface area contributed by atoms with Crippen molar-refractivity contribution in [2.24, 2.45) is 0 Å². The number of nitrogens with one attached hydrogen (secondary N) is 2. The van der Waals surface area contributed by atoms with Gasteiger partial charge in [0.05, 0.1) is 16.5 Å². The highest BCUT2D eigenvalue weighted by molar-refractivity contribution is 7.17. The normalized spacial score (nSPS) is 11.1. The first-order valence-corrected chi connectivity index (χ1v) is 8.52. The van der Waals surface area contributed by atoms with E-state index in [1.807, 2.05) is 12.3 Å². The number of amides is 1. The number of aromatic nitrogens is 5. The third-order valence-corrected chi connectivity index (χ3v) is 4.76. The lowest BCUT2D eigenvalue weighted by Gasteiger charge is -2.04. The van der Waals surface area contributed by atoms with Crippen LogP contribution >= 0.6 is 11.3 Å². The van der Waals surface area contributed by atoms with E-state index in [9.17, 15) is 4.79 Å². The third kappa shape index (κ3) is 3.01. The van der Waals surface area contributed by atoms with Gasteiger partial charge < -0.3 is 9.73 Å². The van der Waals surface area contributed by atoms with Crippen LogP contribution in [0.25, 0.3) is 21.8 Å². The molecule has 0 aliphatic carbocycles. The fourth-order valence-corrected chi connectivity index (χ4v) is 3.42. The van der Waals surface area contributed by atoms with Gasteiger partial charge >= 0.3 is 0 Å². The SMILES string of the molecule is Cc1csc2c(C(=O)NCCc3nc(-c4ccco4)n[nH]3)ncnc12. The summed E-state index contributed by atoms with van der Waals surface area (Å²) >= 11 is 1.48. The van der Waals surface area contributed by atoms with Crippen LogP contribution in [0.3, 0.4) is 0 Å². The first-order chi connectivity index (χ1) is 12.2. The van der Waals surface area contributed by atoms with Crippen LogP contribution in [0.5, 0.6) is 0 Å². The molecule has 8 nitrogen and oxygen atoms in total. The number of aryl methyl sites for hydroxylation is 1. The second-order valence-corrected chi connectivity index (χ2v) is 6.29. The first kappa shape index (κ1) is 15.5. The summed E-state index contributed by atoms with van der Waals surface area (Å²) in [5.74, 6) is 1.55. The average Bonchev–Trinajstić information content (AvgIpc) is 3.35. The molecule has 0 radical (unpaired) electrons. The molecule has 0 aliphatic heterocycles. The summed E-state index contributed by atoms with van der Waals surface area (Å²) in [5.41, 5.74) is 2.27. The van der Waals surface area contributed by atoms with Crippen molar-refractivity contribution in [1.29, 1.82) is 0 Å². The zero-order chi connectivity index (χ0) is 17.2. The highest BCUT2D eigenvalue weighted by Crippen LogP contribution is 2.25. The van der Waals surface area contributed by atoms with Gasteiger partial charge in [0.25, 0.3) is 5.91 Å². The van der Waals surface area contributed by atoms with E-state index in [1.165, 1.54) is 17.7 Å². The summed E-state index contributed by atoms with van der Waals surface area (Å²) in [7, 11) is 0. The zero-order valence-electron chi connectivity index (χ0n) is 13.3. The standard InChI is InChI=1S/C16H14N6O2S/c1-9-7-25-14-12(9)18-8-19-13(14)16(23)17-5-4-11-20-15(22-21-11)10-3-2-6-24-10/h2-3,6-8H,4-5H2,1H3,(H,17,23)(H,20,21,22). The first-order valence-electron chi connectivity index (χ1n) is 7.64. The molecule has 0 saturated heterocycles. The number of carbonyl (C=O) groups is 1. The molecule has 0 atom stereocenters. The van der Waals surface area contributed by atoms with Gasteiger partial charge in [0, 0.05) is 13.0 Å². The Morgan fingerprint density at radius 3 is 3.16 bits per heavy atom. The molecule has 0 saturated carbocycles. The van der Waals surface area contributed by atoms with Gasteiger partial charge in [0.2, 0.25) is 5.82 Å². The number of nitrogens with zero attached hydrogens (tertiary/aromatic N) is 4. The number of thiophene rings is 1. The molecule has 9 heteroatoms. The lowest BCUT2D eigenvalue weighted by Crippen LogP contribution is -2.27. The summed E-state index contributed by atoms with van der Waals surface area (Å²) in [6.07, 6.45) is 3.51. The van der Waals surface area contributed by atoms with Crippen LogP contribution < -0.4 is 5.32 Å². The van der Waals surface area contributed by atoms with Crippen molar-refractivity contribution >= 4 is 27.5 Å². The number of H-pyrrole nitrogens is 1. The molecule has 0 aliphatic rings. The lowest BCUT2D eigenvalue weighted by molar-refractivity contribution is 0.0951. The molecule has 0 aromatic carbocycles. The van der Waals surface area contributed by atoms with Crippen molar-refractivity contribution in [3.63, 3.8) is 0 Å². The van der Waals surface area contributed by atoms with Gasteiger partial charge in [-0.3, -0.25) is 9.89 Å². The fourth-order valence-electron chi connectivity index (χ4n) is 2.43. The molecule has 4 heterocycles. The number of furan rings is 1. The second-order valence-electron chi connectivity index (χ2n) is 5.41.